The molecule has 0 aliphatic carbocycles. The normalized spacial score (nSPS) is 19.9. The molecule has 1 amide bonds. The summed E-state index contributed by atoms with van der Waals surface area (Å²) in [6, 6.07) is 11.8. The Kier molecular flexibility index (Phi) is 6.51. The lowest BCUT2D eigenvalue weighted by molar-refractivity contribution is -0.143. The summed E-state index contributed by atoms with van der Waals surface area (Å²) in [5.41, 5.74) is 4.12. The van der Waals surface area contributed by atoms with E-state index in [-0.39, 0.29) is 5.92 Å². The highest BCUT2D eigenvalue weighted by Crippen LogP contribution is 2.39. The van der Waals surface area contributed by atoms with Gasteiger partial charge >= 0.3 is 6.09 Å². The van der Waals surface area contributed by atoms with Crippen molar-refractivity contribution in [2.24, 2.45) is 0 Å². The second-order valence-corrected chi connectivity index (χ2v) is 8.60. The van der Waals surface area contributed by atoms with Gasteiger partial charge in [-0.2, -0.15) is 0 Å². The van der Waals surface area contributed by atoms with E-state index in [1.165, 1.54) is 4.90 Å². The largest absolute Gasteiger partial charge is 0.433 e. The van der Waals surface area contributed by atoms with E-state index in [1.54, 1.807) is 18.2 Å². The first kappa shape index (κ1) is 21.4. The van der Waals surface area contributed by atoms with Crippen LogP contribution in [0.4, 0.5) is 10.5 Å². The van der Waals surface area contributed by atoms with Gasteiger partial charge in [0, 0.05) is 41.8 Å². The molecular formula is C22H25Cl2N3O3. The number of anilines is 1. The van der Waals surface area contributed by atoms with Gasteiger partial charge in [0.05, 0.1) is 26.3 Å². The quantitative estimate of drug-likeness (QED) is 0.694. The molecule has 8 heteroatoms. The summed E-state index contributed by atoms with van der Waals surface area (Å²) in [5.74, 6) is 0.110. The molecule has 2 aliphatic heterocycles. The molecule has 6 nitrogen and oxygen atoms in total. The van der Waals surface area contributed by atoms with E-state index in [1.807, 2.05) is 24.3 Å². The molecule has 2 aromatic rings. The van der Waals surface area contributed by atoms with Crippen molar-refractivity contribution >= 4 is 35.0 Å². The molecule has 2 aromatic carbocycles. The van der Waals surface area contributed by atoms with E-state index < -0.39 is 6.09 Å². The van der Waals surface area contributed by atoms with Gasteiger partial charge in [-0.3, -0.25) is 4.90 Å². The van der Waals surface area contributed by atoms with E-state index in [2.05, 4.69) is 18.0 Å². The zero-order valence-electron chi connectivity index (χ0n) is 17.1. The van der Waals surface area contributed by atoms with Crippen LogP contribution >= 0.6 is 23.2 Å². The highest BCUT2D eigenvalue weighted by molar-refractivity contribution is 6.35. The Hall–Kier alpha value is -1.83. The number of rotatable bonds is 3. The van der Waals surface area contributed by atoms with Crippen LogP contribution in [0.15, 0.2) is 36.4 Å². The fourth-order valence-electron chi connectivity index (χ4n) is 4.00. The Balaban J connectivity index is 1.58. The topological polar surface area (TPSA) is 45.2 Å². The number of hydrogen-bond donors (Lipinski definition) is 0. The summed E-state index contributed by atoms with van der Waals surface area (Å²) in [6.45, 7) is 3.90. The van der Waals surface area contributed by atoms with Gasteiger partial charge in [0.15, 0.2) is 0 Å². The second-order valence-electron chi connectivity index (χ2n) is 7.76. The van der Waals surface area contributed by atoms with Gasteiger partial charge in [0.25, 0.3) is 0 Å². The summed E-state index contributed by atoms with van der Waals surface area (Å²) in [7, 11) is 3.80. The number of hydrogen-bond acceptors (Lipinski definition) is 5. The lowest BCUT2D eigenvalue weighted by Gasteiger charge is -2.34. The van der Waals surface area contributed by atoms with Crippen molar-refractivity contribution in [3.63, 3.8) is 0 Å². The lowest BCUT2D eigenvalue weighted by Crippen LogP contribution is -2.41. The monoisotopic (exact) mass is 449 g/mol. The predicted octanol–water partition coefficient (Wildman–Crippen LogP) is 4.39. The molecule has 0 N–H and O–H groups in total. The summed E-state index contributed by atoms with van der Waals surface area (Å²) >= 11 is 12.8. The number of carbonyl (C=O) groups excluding carboxylic acids is 1. The third-order valence-electron chi connectivity index (χ3n) is 5.60. The van der Waals surface area contributed by atoms with E-state index in [9.17, 15) is 4.79 Å². The van der Waals surface area contributed by atoms with Gasteiger partial charge in [-0.25, -0.2) is 4.79 Å². The number of halogens is 2. The van der Waals surface area contributed by atoms with Crippen LogP contribution in [-0.4, -0.2) is 63.0 Å². The molecule has 0 bridgehead atoms. The molecule has 160 valence electrons. The Labute approximate surface area is 186 Å². The molecule has 0 aromatic heterocycles. The fraction of sp³-hybridized carbons (Fsp3) is 0.409. The van der Waals surface area contributed by atoms with Gasteiger partial charge in [-0.1, -0.05) is 35.3 Å². The van der Waals surface area contributed by atoms with Crippen molar-refractivity contribution in [3.8, 4) is 0 Å². The van der Waals surface area contributed by atoms with Crippen molar-refractivity contribution in [1.29, 1.82) is 0 Å². The molecule has 1 saturated heterocycles. The molecule has 2 aliphatic rings. The van der Waals surface area contributed by atoms with E-state index in [0.717, 1.165) is 35.5 Å². The van der Waals surface area contributed by atoms with Gasteiger partial charge in [0.1, 0.15) is 0 Å². The average molecular weight is 450 g/mol. The molecule has 1 fully saturated rings. The third-order valence-corrected chi connectivity index (χ3v) is 6.16. The minimum absolute atomic E-state index is 0.110. The Morgan fingerprint density at radius 3 is 2.73 bits per heavy atom. The number of morpholine rings is 1. The first-order valence-electron chi connectivity index (χ1n) is 9.97. The van der Waals surface area contributed by atoms with Crippen molar-refractivity contribution in [1.82, 2.24) is 9.96 Å². The Morgan fingerprint density at radius 2 is 1.97 bits per heavy atom. The number of nitrogens with zero attached hydrogens (tertiary/aromatic N) is 3. The van der Waals surface area contributed by atoms with Crippen LogP contribution in [0.3, 0.4) is 0 Å². The molecule has 2 heterocycles. The fourth-order valence-corrected chi connectivity index (χ4v) is 4.56. The summed E-state index contributed by atoms with van der Waals surface area (Å²) in [6.07, 6.45) is -0.415. The highest BCUT2D eigenvalue weighted by atomic mass is 35.5. The maximum Gasteiger partial charge on any atom is 0.433 e. The minimum Gasteiger partial charge on any atom is -0.379 e. The van der Waals surface area contributed by atoms with Crippen LogP contribution in [0.5, 0.6) is 0 Å². The summed E-state index contributed by atoms with van der Waals surface area (Å²) in [5, 5.41) is 2.97. The molecule has 4 rings (SSSR count). The minimum atomic E-state index is -0.415. The van der Waals surface area contributed by atoms with Gasteiger partial charge in [-0.15, -0.1) is 5.06 Å². The maximum atomic E-state index is 12.6. The van der Waals surface area contributed by atoms with Crippen molar-refractivity contribution in [3.05, 3.63) is 63.1 Å². The molecule has 0 radical (unpaired) electrons. The molecular weight excluding hydrogens is 425 g/mol. The van der Waals surface area contributed by atoms with Crippen LogP contribution in [0, 0.1) is 0 Å². The Bertz CT molecular complexity index is 934. The smallest absolute Gasteiger partial charge is 0.379 e. The van der Waals surface area contributed by atoms with E-state index in [4.69, 9.17) is 32.8 Å². The first-order chi connectivity index (χ1) is 14.4. The Morgan fingerprint density at radius 1 is 1.20 bits per heavy atom. The van der Waals surface area contributed by atoms with Crippen molar-refractivity contribution in [2.45, 2.75) is 12.5 Å². The SMILES string of the molecule is CN1Cc2c(Cl)cc(Cl)cc2C(c2cccc(N(C)C(=O)ON3CCOCC3)c2)C1. The molecule has 30 heavy (non-hydrogen) atoms. The van der Waals surface area contributed by atoms with Gasteiger partial charge in [-0.05, 0) is 48.0 Å². The molecule has 1 atom stereocenters. The molecule has 0 saturated carbocycles. The lowest BCUT2D eigenvalue weighted by atomic mass is 9.84. The number of ether oxygens (including phenoxy) is 1. The number of hydroxylamine groups is 2. The van der Waals surface area contributed by atoms with Crippen LogP contribution in [0.25, 0.3) is 0 Å². The van der Waals surface area contributed by atoms with Crippen LogP contribution in [0.2, 0.25) is 10.0 Å². The van der Waals surface area contributed by atoms with Crippen molar-refractivity contribution in [2.75, 3.05) is 51.8 Å². The van der Waals surface area contributed by atoms with Gasteiger partial charge < -0.3 is 14.5 Å². The van der Waals surface area contributed by atoms with Crippen LogP contribution in [-0.2, 0) is 16.1 Å². The number of likely N-dealkylation sites (N-methyl/N-ethyl adjacent to an activating group) is 1. The van der Waals surface area contributed by atoms with E-state index in [0.29, 0.717) is 36.3 Å². The highest BCUT2D eigenvalue weighted by Gasteiger charge is 2.28. The maximum absolute atomic E-state index is 12.6. The van der Waals surface area contributed by atoms with Crippen LogP contribution in [0.1, 0.15) is 22.6 Å². The molecule has 1 unspecified atom stereocenters. The predicted molar refractivity (Wildman–Crippen MR) is 118 cm³/mol. The zero-order chi connectivity index (χ0) is 21.3. The molecule has 0 spiro atoms. The first-order valence-corrected chi connectivity index (χ1v) is 10.7. The zero-order valence-corrected chi connectivity index (χ0v) is 18.6. The van der Waals surface area contributed by atoms with Gasteiger partial charge in [0.2, 0.25) is 0 Å². The second kappa shape index (κ2) is 9.12. The standard InChI is InChI=1S/C22H25Cl2N3O3/c1-25-13-19(18-11-16(23)12-21(24)20(18)14-25)15-4-3-5-17(10-15)26(2)22(28)30-27-6-8-29-9-7-27/h3-5,10-12,19H,6-9,13-14H2,1-2H3. The van der Waals surface area contributed by atoms with E-state index >= 15 is 0 Å². The third kappa shape index (κ3) is 4.58. The number of carbonyl (C=O) groups is 1. The average Bonchev–Trinajstić information content (AvgIpc) is 2.74. The number of amides is 1. The van der Waals surface area contributed by atoms with Crippen LogP contribution < -0.4 is 4.90 Å². The number of benzene rings is 2. The van der Waals surface area contributed by atoms with Crippen molar-refractivity contribution < 1.29 is 14.4 Å². The summed E-state index contributed by atoms with van der Waals surface area (Å²) in [4.78, 5) is 21.9. The summed E-state index contributed by atoms with van der Waals surface area (Å²) < 4.78 is 5.29. The number of fused-ring (bicyclic) bond motifs is 1.